The van der Waals surface area contributed by atoms with Crippen molar-refractivity contribution in [2.45, 2.75) is 65.7 Å². The van der Waals surface area contributed by atoms with Crippen molar-refractivity contribution in [1.82, 2.24) is 4.90 Å². The van der Waals surface area contributed by atoms with Gasteiger partial charge >= 0.3 is 0 Å². The van der Waals surface area contributed by atoms with Crippen LogP contribution in [0.25, 0.3) is 0 Å². The molecular formula is C16H32N2O. The summed E-state index contributed by atoms with van der Waals surface area (Å²) >= 11 is 0. The maximum Gasteiger partial charge on any atom is 0.230 e. The Hall–Kier alpha value is -0.570. The van der Waals surface area contributed by atoms with Crippen LogP contribution in [0.3, 0.4) is 0 Å². The summed E-state index contributed by atoms with van der Waals surface area (Å²) in [6.07, 6.45) is 7.55. The Morgan fingerprint density at radius 1 is 1.26 bits per heavy atom. The lowest BCUT2D eigenvalue weighted by Gasteiger charge is -2.40. The van der Waals surface area contributed by atoms with Crippen LogP contribution in [0.15, 0.2) is 0 Å². The molecule has 2 N–H and O–H groups in total. The molecule has 1 atom stereocenters. The summed E-state index contributed by atoms with van der Waals surface area (Å²) in [5.74, 6) is 1.02. The van der Waals surface area contributed by atoms with Crippen LogP contribution in [0.5, 0.6) is 0 Å². The molecule has 1 fully saturated rings. The van der Waals surface area contributed by atoms with Crippen molar-refractivity contribution in [3.8, 4) is 0 Å². The van der Waals surface area contributed by atoms with E-state index in [-0.39, 0.29) is 5.41 Å². The van der Waals surface area contributed by atoms with E-state index in [1.54, 1.807) is 0 Å². The van der Waals surface area contributed by atoms with Crippen molar-refractivity contribution in [2.24, 2.45) is 17.1 Å². The molecule has 0 aromatic carbocycles. The highest BCUT2D eigenvalue weighted by molar-refractivity contribution is 5.83. The molecule has 0 saturated carbocycles. The number of amides is 1. The third kappa shape index (κ3) is 3.95. The summed E-state index contributed by atoms with van der Waals surface area (Å²) in [5.41, 5.74) is 5.71. The smallest absolute Gasteiger partial charge is 0.230 e. The van der Waals surface area contributed by atoms with E-state index in [0.717, 1.165) is 45.2 Å². The van der Waals surface area contributed by atoms with Gasteiger partial charge in [0.2, 0.25) is 5.91 Å². The summed E-state index contributed by atoms with van der Waals surface area (Å²) in [6.45, 7) is 8.92. The van der Waals surface area contributed by atoms with Gasteiger partial charge in [0, 0.05) is 19.6 Å². The second-order valence-electron chi connectivity index (χ2n) is 6.15. The van der Waals surface area contributed by atoms with Gasteiger partial charge in [0.1, 0.15) is 0 Å². The van der Waals surface area contributed by atoms with Gasteiger partial charge in [-0.3, -0.25) is 4.79 Å². The van der Waals surface area contributed by atoms with Gasteiger partial charge in [-0.1, -0.05) is 40.0 Å². The summed E-state index contributed by atoms with van der Waals surface area (Å²) in [7, 11) is 0. The number of carbonyl (C=O) groups excluding carboxylic acids is 1. The second kappa shape index (κ2) is 7.88. The average molecular weight is 268 g/mol. The minimum atomic E-state index is -0.293. The highest BCUT2D eigenvalue weighted by Gasteiger charge is 2.39. The van der Waals surface area contributed by atoms with Gasteiger partial charge in [0.15, 0.2) is 0 Å². The van der Waals surface area contributed by atoms with E-state index in [0.29, 0.717) is 18.4 Å². The number of nitrogens with two attached hydrogens (primary N) is 1. The lowest BCUT2D eigenvalue weighted by atomic mass is 9.77. The number of carbonyl (C=O) groups is 1. The van der Waals surface area contributed by atoms with Gasteiger partial charge in [0.05, 0.1) is 5.41 Å². The van der Waals surface area contributed by atoms with Gasteiger partial charge in [0.25, 0.3) is 0 Å². The van der Waals surface area contributed by atoms with Crippen LogP contribution < -0.4 is 5.73 Å². The standard InChI is InChI=1S/C16H32N2O/c1-4-9-16(13-17,10-5-2)15(19)18-11-7-8-14(6-3)12-18/h14H,4-13,17H2,1-3H3. The van der Waals surface area contributed by atoms with Crippen LogP contribution in [0.1, 0.15) is 65.7 Å². The number of hydrogen-bond acceptors (Lipinski definition) is 2. The van der Waals surface area contributed by atoms with Crippen LogP contribution in [-0.2, 0) is 4.79 Å². The topological polar surface area (TPSA) is 46.3 Å². The Kier molecular flexibility index (Phi) is 6.84. The normalized spacial score (nSPS) is 20.6. The highest BCUT2D eigenvalue weighted by Crippen LogP contribution is 2.33. The third-order valence-corrected chi connectivity index (χ3v) is 4.69. The molecule has 1 rings (SSSR count). The average Bonchev–Trinajstić information content (AvgIpc) is 2.46. The first-order valence-corrected chi connectivity index (χ1v) is 8.13. The van der Waals surface area contributed by atoms with Gasteiger partial charge in [-0.05, 0) is 31.6 Å². The van der Waals surface area contributed by atoms with Crippen molar-refractivity contribution >= 4 is 5.91 Å². The van der Waals surface area contributed by atoms with Crippen LogP contribution in [0.2, 0.25) is 0 Å². The SMILES string of the molecule is CCCC(CN)(CCC)C(=O)N1CCCC(CC)C1. The zero-order valence-electron chi connectivity index (χ0n) is 13.1. The maximum atomic E-state index is 12.9. The van der Waals surface area contributed by atoms with E-state index in [2.05, 4.69) is 25.7 Å². The monoisotopic (exact) mass is 268 g/mol. The summed E-state index contributed by atoms with van der Waals surface area (Å²) in [6, 6.07) is 0. The van der Waals surface area contributed by atoms with Crippen LogP contribution in [0, 0.1) is 11.3 Å². The third-order valence-electron chi connectivity index (χ3n) is 4.69. The van der Waals surface area contributed by atoms with Crippen LogP contribution >= 0.6 is 0 Å². The fraction of sp³-hybridized carbons (Fsp3) is 0.938. The molecule has 0 aromatic heterocycles. The molecule has 1 unspecified atom stereocenters. The molecule has 0 bridgehead atoms. The van der Waals surface area contributed by atoms with Crippen molar-refractivity contribution in [2.75, 3.05) is 19.6 Å². The van der Waals surface area contributed by atoms with E-state index in [4.69, 9.17) is 5.73 Å². The van der Waals surface area contributed by atoms with Crippen molar-refractivity contribution in [3.05, 3.63) is 0 Å². The Balaban J connectivity index is 2.79. The molecule has 1 amide bonds. The molecule has 1 heterocycles. The number of rotatable bonds is 7. The quantitative estimate of drug-likeness (QED) is 0.771. The first-order valence-electron chi connectivity index (χ1n) is 8.13. The first kappa shape index (κ1) is 16.5. The zero-order valence-corrected chi connectivity index (χ0v) is 13.1. The van der Waals surface area contributed by atoms with Crippen molar-refractivity contribution in [1.29, 1.82) is 0 Å². The molecule has 3 nitrogen and oxygen atoms in total. The van der Waals surface area contributed by atoms with E-state index < -0.39 is 0 Å². The van der Waals surface area contributed by atoms with Crippen molar-refractivity contribution < 1.29 is 4.79 Å². The lowest BCUT2D eigenvalue weighted by molar-refractivity contribution is -0.144. The predicted molar refractivity (Wildman–Crippen MR) is 80.9 cm³/mol. The van der Waals surface area contributed by atoms with E-state index >= 15 is 0 Å². The Morgan fingerprint density at radius 2 is 1.89 bits per heavy atom. The van der Waals surface area contributed by atoms with Crippen LogP contribution in [-0.4, -0.2) is 30.4 Å². The highest BCUT2D eigenvalue weighted by atomic mass is 16.2. The molecule has 0 radical (unpaired) electrons. The first-order chi connectivity index (χ1) is 9.13. The zero-order chi connectivity index (χ0) is 14.3. The Labute approximate surface area is 118 Å². The van der Waals surface area contributed by atoms with Gasteiger partial charge in [-0.25, -0.2) is 0 Å². The molecule has 0 spiro atoms. The van der Waals surface area contributed by atoms with Gasteiger partial charge < -0.3 is 10.6 Å². The van der Waals surface area contributed by atoms with Crippen LogP contribution in [0.4, 0.5) is 0 Å². The Morgan fingerprint density at radius 3 is 2.37 bits per heavy atom. The number of hydrogen-bond donors (Lipinski definition) is 1. The molecule has 0 aromatic rings. The van der Waals surface area contributed by atoms with E-state index in [1.807, 2.05) is 0 Å². The number of likely N-dealkylation sites (tertiary alicyclic amines) is 1. The van der Waals surface area contributed by atoms with Crippen molar-refractivity contribution in [3.63, 3.8) is 0 Å². The van der Waals surface area contributed by atoms with E-state index in [9.17, 15) is 4.79 Å². The van der Waals surface area contributed by atoms with Gasteiger partial charge in [-0.2, -0.15) is 0 Å². The molecule has 1 saturated heterocycles. The summed E-state index contributed by atoms with van der Waals surface area (Å²) in [5, 5.41) is 0. The predicted octanol–water partition coefficient (Wildman–Crippen LogP) is 3.18. The number of nitrogens with zero attached hydrogens (tertiary/aromatic N) is 1. The fourth-order valence-corrected chi connectivity index (χ4v) is 3.51. The van der Waals surface area contributed by atoms with Gasteiger partial charge in [-0.15, -0.1) is 0 Å². The molecule has 1 aliphatic rings. The second-order valence-corrected chi connectivity index (χ2v) is 6.15. The fourth-order valence-electron chi connectivity index (χ4n) is 3.51. The molecule has 112 valence electrons. The number of piperidine rings is 1. The molecular weight excluding hydrogens is 236 g/mol. The lowest BCUT2D eigenvalue weighted by Crippen LogP contribution is -2.51. The molecule has 19 heavy (non-hydrogen) atoms. The maximum absolute atomic E-state index is 12.9. The largest absolute Gasteiger partial charge is 0.342 e. The van der Waals surface area contributed by atoms with E-state index in [1.165, 1.54) is 12.8 Å². The Bertz CT molecular complexity index is 272. The molecule has 3 heteroatoms. The summed E-state index contributed by atoms with van der Waals surface area (Å²) in [4.78, 5) is 15.0. The minimum Gasteiger partial charge on any atom is -0.342 e. The minimum absolute atomic E-state index is 0.293. The summed E-state index contributed by atoms with van der Waals surface area (Å²) < 4.78 is 0. The molecule has 1 aliphatic heterocycles. The molecule has 0 aliphatic carbocycles.